The molecule has 0 aliphatic heterocycles. The van der Waals surface area contributed by atoms with Crippen molar-refractivity contribution in [3.05, 3.63) is 23.3 Å². The van der Waals surface area contributed by atoms with E-state index in [-0.39, 0.29) is 5.41 Å². The molecule has 3 heteroatoms. The molecule has 0 saturated heterocycles. The molecule has 1 N–H and O–H groups in total. The lowest BCUT2D eigenvalue weighted by Crippen LogP contribution is -2.48. The van der Waals surface area contributed by atoms with E-state index >= 15 is 0 Å². The highest BCUT2D eigenvalue weighted by molar-refractivity contribution is 5.85. The van der Waals surface area contributed by atoms with Gasteiger partial charge in [-0.05, 0) is 79.7 Å². The smallest absolute Gasteiger partial charge is 0.128 e. The van der Waals surface area contributed by atoms with Crippen molar-refractivity contribution < 1.29 is 9.84 Å². The van der Waals surface area contributed by atoms with Gasteiger partial charge in [-0.3, -0.25) is 4.99 Å². The molecule has 0 amide bonds. The van der Waals surface area contributed by atoms with Crippen molar-refractivity contribution in [3.63, 3.8) is 0 Å². The van der Waals surface area contributed by atoms with E-state index in [1.54, 1.807) is 7.11 Å². The Hall–Kier alpha value is -1.51. The van der Waals surface area contributed by atoms with E-state index in [1.807, 2.05) is 12.3 Å². The van der Waals surface area contributed by atoms with Gasteiger partial charge < -0.3 is 9.84 Å². The van der Waals surface area contributed by atoms with Gasteiger partial charge in [0.25, 0.3) is 0 Å². The van der Waals surface area contributed by atoms with Crippen molar-refractivity contribution in [2.24, 2.45) is 28.7 Å². The Balaban J connectivity index is 1.73. The molecule has 4 fully saturated rings. The molecule has 4 aliphatic carbocycles. The van der Waals surface area contributed by atoms with Crippen molar-refractivity contribution in [1.29, 1.82) is 0 Å². The molecule has 0 radical (unpaired) electrons. The molecule has 0 aromatic heterocycles. The molecule has 4 bridgehead atoms. The largest absolute Gasteiger partial charge is 0.507 e. The fourth-order valence-corrected chi connectivity index (χ4v) is 6.05. The van der Waals surface area contributed by atoms with E-state index in [2.05, 4.69) is 24.9 Å². The predicted molar refractivity (Wildman–Crippen MR) is 102 cm³/mol. The lowest BCUT2D eigenvalue weighted by atomic mass is 9.48. The maximum absolute atomic E-state index is 11.1. The highest BCUT2D eigenvalue weighted by atomic mass is 16.5. The molecule has 5 rings (SSSR count). The summed E-state index contributed by atoms with van der Waals surface area (Å²) >= 11 is 0. The Morgan fingerprint density at radius 3 is 2.28 bits per heavy atom. The van der Waals surface area contributed by atoms with Crippen molar-refractivity contribution in [2.45, 2.75) is 57.8 Å². The van der Waals surface area contributed by atoms with E-state index in [4.69, 9.17) is 4.74 Å². The Kier molecular flexibility index (Phi) is 4.29. The van der Waals surface area contributed by atoms with Crippen molar-refractivity contribution in [1.82, 2.24) is 0 Å². The van der Waals surface area contributed by atoms with Gasteiger partial charge in [0, 0.05) is 23.9 Å². The van der Waals surface area contributed by atoms with Crippen LogP contribution < -0.4 is 4.74 Å². The maximum atomic E-state index is 11.1. The standard InChI is InChI=1S/C22H31NO2/c1-14(2)12-23-13-18-7-19(25-3)8-20(21(18)24)22-9-15-4-16(10-22)6-17(5-15)11-22/h7-8,13-17,24H,4-6,9-12H2,1-3H3. The molecule has 136 valence electrons. The summed E-state index contributed by atoms with van der Waals surface area (Å²) in [4.78, 5) is 4.52. The Labute approximate surface area is 151 Å². The minimum Gasteiger partial charge on any atom is -0.507 e. The van der Waals surface area contributed by atoms with E-state index in [1.165, 1.54) is 38.5 Å². The highest BCUT2D eigenvalue weighted by Gasteiger charge is 2.52. The molecular formula is C22H31NO2. The average Bonchev–Trinajstić information content (AvgIpc) is 2.54. The summed E-state index contributed by atoms with van der Waals surface area (Å²) < 4.78 is 5.57. The topological polar surface area (TPSA) is 41.8 Å². The second-order valence-electron chi connectivity index (χ2n) is 9.20. The number of phenols is 1. The first-order chi connectivity index (χ1) is 12.0. The van der Waals surface area contributed by atoms with Gasteiger partial charge in [-0.25, -0.2) is 0 Å². The van der Waals surface area contributed by atoms with Gasteiger partial charge >= 0.3 is 0 Å². The van der Waals surface area contributed by atoms with Crippen LogP contribution in [-0.4, -0.2) is 25.0 Å². The molecule has 0 spiro atoms. The SMILES string of the molecule is COc1cc(C=NCC(C)C)c(O)c(C23CC4CC(CC(C4)C2)C3)c1. The number of hydrogen-bond donors (Lipinski definition) is 1. The predicted octanol–water partition coefficient (Wildman–Crippen LogP) is 4.94. The van der Waals surface area contributed by atoms with Gasteiger partial charge in [-0.1, -0.05) is 13.8 Å². The van der Waals surface area contributed by atoms with Crippen LogP contribution in [0.5, 0.6) is 11.5 Å². The summed E-state index contributed by atoms with van der Waals surface area (Å²) in [5.41, 5.74) is 2.09. The third-order valence-corrected chi connectivity index (χ3v) is 6.66. The molecule has 1 aromatic rings. The zero-order chi connectivity index (χ0) is 17.6. The number of rotatable bonds is 5. The molecule has 3 nitrogen and oxygen atoms in total. The summed E-state index contributed by atoms with van der Waals surface area (Å²) in [7, 11) is 1.71. The third-order valence-electron chi connectivity index (χ3n) is 6.66. The number of hydrogen-bond acceptors (Lipinski definition) is 3. The maximum Gasteiger partial charge on any atom is 0.128 e. The molecule has 0 heterocycles. The summed E-state index contributed by atoms with van der Waals surface area (Å²) in [6.45, 7) is 5.09. The number of methoxy groups -OCH3 is 1. The second kappa shape index (κ2) is 6.34. The van der Waals surface area contributed by atoms with Crippen molar-refractivity contribution in [2.75, 3.05) is 13.7 Å². The Bertz CT molecular complexity index is 642. The lowest BCUT2D eigenvalue weighted by Gasteiger charge is -2.57. The van der Waals surface area contributed by atoms with Crippen LogP contribution in [0, 0.1) is 23.7 Å². The zero-order valence-corrected chi connectivity index (χ0v) is 15.8. The van der Waals surface area contributed by atoms with Crippen molar-refractivity contribution >= 4 is 6.21 Å². The first-order valence-corrected chi connectivity index (χ1v) is 9.90. The number of aromatic hydroxyl groups is 1. The van der Waals surface area contributed by atoms with Crippen LogP contribution in [-0.2, 0) is 5.41 Å². The molecule has 4 aliphatic rings. The van der Waals surface area contributed by atoms with Crippen LogP contribution in [0.1, 0.15) is 63.5 Å². The van der Waals surface area contributed by atoms with Gasteiger partial charge in [0.15, 0.2) is 0 Å². The molecule has 0 atom stereocenters. The van der Waals surface area contributed by atoms with Crippen LogP contribution in [0.25, 0.3) is 0 Å². The number of phenolic OH excluding ortho intramolecular Hbond substituents is 1. The number of benzene rings is 1. The van der Waals surface area contributed by atoms with Crippen molar-refractivity contribution in [3.8, 4) is 11.5 Å². The van der Waals surface area contributed by atoms with Gasteiger partial charge in [-0.2, -0.15) is 0 Å². The highest BCUT2D eigenvalue weighted by Crippen LogP contribution is 2.62. The fraction of sp³-hybridized carbons (Fsp3) is 0.682. The van der Waals surface area contributed by atoms with Gasteiger partial charge in [0.05, 0.1) is 7.11 Å². The molecule has 4 saturated carbocycles. The quantitative estimate of drug-likeness (QED) is 0.770. The normalized spacial score (nSPS) is 33.5. The fourth-order valence-electron chi connectivity index (χ4n) is 6.05. The number of ether oxygens (including phenoxy) is 1. The van der Waals surface area contributed by atoms with Gasteiger partial charge in [-0.15, -0.1) is 0 Å². The van der Waals surface area contributed by atoms with E-state index < -0.39 is 0 Å². The first-order valence-electron chi connectivity index (χ1n) is 9.90. The third kappa shape index (κ3) is 3.07. The number of aliphatic imine (C=N–C) groups is 1. The number of nitrogens with zero attached hydrogens (tertiary/aromatic N) is 1. The van der Waals surface area contributed by atoms with Gasteiger partial charge in [0.1, 0.15) is 11.5 Å². The molecule has 0 unspecified atom stereocenters. The van der Waals surface area contributed by atoms with Crippen LogP contribution >= 0.6 is 0 Å². The summed E-state index contributed by atoms with van der Waals surface area (Å²) in [5.74, 6) is 4.37. The van der Waals surface area contributed by atoms with E-state index in [0.717, 1.165) is 41.2 Å². The summed E-state index contributed by atoms with van der Waals surface area (Å²) in [5, 5.41) is 11.1. The second-order valence-corrected chi connectivity index (χ2v) is 9.20. The van der Waals surface area contributed by atoms with Crippen LogP contribution in [0.15, 0.2) is 17.1 Å². The average molecular weight is 341 g/mol. The Morgan fingerprint density at radius 2 is 1.76 bits per heavy atom. The molecular weight excluding hydrogens is 310 g/mol. The van der Waals surface area contributed by atoms with Crippen LogP contribution in [0.2, 0.25) is 0 Å². The minimum atomic E-state index is 0.161. The van der Waals surface area contributed by atoms with Gasteiger partial charge in [0.2, 0.25) is 0 Å². The summed E-state index contributed by atoms with van der Waals surface area (Å²) in [6.07, 6.45) is 9.78. The van der Waals surface area contributed by atoms with E-state index in [0.29, 0.717) is 11.7 Å². The monoisotopic (exact) mass is 341 g/mol. The molecule has 1 aromatic carbocycles. The Morgan fingerprint density at radius 1 is 1.16 bits per heavy atom. The van der Waals surface area contributed by atoms with Crippen LogP contribution in [0.4, 0.5) is 0 Å². The molecule has 25 heavy (non-hydrogen) atoms. The summed E-state index contributed by atoms with van der Waals surface area (Å²) in [6, 6.07) is 4.02. The van der Waals surface area contributed by atoms with E-state index in [9.17, 15) is 5.11 Å². The first kappa shape index (κ1) is 16.9. The zero-order valence-electron chi connectivity index (χ0n) is 15.8. The van der Waals surface area contributed by atoms with Crippen LogP contribution in [0.3, 0.4) is 0 Å². The minimum absolute atomic E-state index is 0.161. The lowest BCUT2D eigenvalue weighted by molar-refractivity contribution is -0.00622.